The summed E-state index contributed by atoms with van der Waals surface area (Å²) in [6, 6.07) is 11.1. The van der Waals surface area contributed by atoms with Gasteiger partial charge in [0.15, 0.2) is 5.17 Å². The molecule has 0 spiro atoms. The number of nitrogens with two attached hydrogens (primary N) is 1. The van der Waals surface area contributed by atoms with Crippen LogP contribution in [0.3, 0.4) is 0 Å². The Balaban J connectivity index is 1.62. The number of ether oxygens (including phenoxy) is 1. The lowest BCUT2D eigenvalue weighted by Crippen LogP contribution is -2.63. The largest absolute Gasteiger partial charge is 0.488 e. The van der Waals surface area contributed by atoms with Crippen LogP contribution in [0.25, 0.3) is 10.8 Å². The third-order valence-corrected chi connectivity index (χ3v) is 7.02. The number of amidine groups is 1. The first-order valence-corrected chi connectivity index (χ1v) is 11.3. The number of fused-ring (bicyclic) bond motifs is 2. The predicted octanol–water partition coefficient (Wildman–Crippen LogP) is 2.54. The van der Waals surface area contributed by atoms with E-state index in [9.17, 15) is 19.8 Å². The summed E-state index contributed by atoms with van der Waals surface area (Å²) in [6.45, 7) is 3.45. The van der Waals surface area contributed by atoms with Crippen LogP contribution >= 0.6 is 11.8 Å². The van der Waals surface area contributed by atoms with E-state index in [0.29, 0.717) is 17.1 Å². The number of carbonyl (C=O) groups is 2. The molecule has 1 unspecified atom stereocenters. The number of carboxylic acid groups (broad SMARTS) is 1. The molecule has 2 aliphatic heterocycles. The van der Waals surface area contributed by atoms with Crippen LogP contribution in [0.5, 0.6) is 5.75 Å². The fourth-order valence-electron chi connectivity index (χ4n) is 4.74. The van der Waals surface area contributed by atoms with Gasteiger partial charge in [-0.2, -0.15) is 0 Å². The third kappa shape index (κ3) is 3.61. The number of carbonyl (C=O) groups excluding carboxylic acids is 1. The lowest BCUT2D eigenvalue weighted by atomic mass is 9.78. The molecule has 2 heterocycles. The van der Waals surface area contributed by atoms with Crippen LogP contribution in [0, 0.1) is 17.2 Å². The molecular weight excluding hydrogens is 430 g/mol. The number of hydrogen-bond acceptors (Lipinski definition) is 6. The second kappa shape index (κ2) is 8.48. The number of hydrogen-bond donors (Lipinski definition) is 4. The maximum atomic E-state index is 12.5. The molecule has 2 aliphatic rings. The molecule has 0 aliphatic carbocycles. The number of aliphatic hydroxyl groups is 1. The molecule has 5 N–H and O–H groups in total. The minimum Gasteiger partial charge on any atom is -0.488 e. The van der Waals surface area contributed by atoms with Crippen LogP contribution in [0.4, 0.5) is 0 Å². The Hall–Kier alpha value is -3.04. The Bertz CT molecular complexity index is 1150. The van der Waals surface area contributed by atoms with Gasteiger partial charge < -0.3 is 25.6 Å². The van der Waals surface area contributed by atoms with Crippen LogP contribution in [0.15, 0.2) is 47.7 Å². The van der Waals surface area contributed by atoms with Gasteiger partial charge in [-0.15, -0.1) is 0 Å². The van der Waals surface area contributed by atoms with Crippen molar-refractivity contribution in [1.82, 2.24) is 4.90 Å². The number of amides is 1. The van der Waals surface area contributed by atoms with Gasteiger partial charge in [0.25, 0.3) is 0 Å². The average Bonchev–Trinajstić information content (AvgIpc) is 2.98. The van der Waals surface area contributed by atoms with Crippen LogP contribution < -0.4 is 10.5 Å². The van der Waals surface area contributed by atoms with Crippen molar-refractivity contribution in [2.75, 3.05) is 6.61 Å². The van der Waals surface area contributed by atoms with Crippen molar-refractivity contribution in [2.45, 2.75) is 31.7 Å². The van der Waals surface area contributed by atoms with Gasteiger partial charge in [0, 0.05) is 22.6 Å². The van der Waals surface area contributed by atoms with E-state index in [4.69, 9.17) is 15.9 Å². The summed E-state index contributed by atoms with van der Waals surface area (Å²) in [5.41, 5.74) is 6.99. The van der Waals surface area contributed by atoms with Crippen molar-refractivity contribution in [3.05, 3.63) is 53.2 Å². The molecule has 8 nitrogen and oxygen atoms in total. The van der Waals surface area contributed by atoms with Crippen LogP contribution in [0.1, 0.15) is 19.4 Å². The number of thioether (sulfide) groups is 1. The first-order chi connectivity index (χ1) is 15.2. The molecule has 168 valence electrons. The van der Waals surface area contributed by atoms with Crippen LogP contribution in [-0.4, -0.2) is 50.9 Å². The molecular formula is C23H25N3O5S. The maximum Gasteiger partial charge on any atom is 0.352 e. The molecule has 32 heavy (non-hydrogen) atoms. The Morgan fingerprint density at radius 3 is 2.62 bits per heavy atom. The molecule has 2 aromatic rings. The molecule has 9 heteroatoms. The molecule has 0 radical (unpaired) electrons. The topological polar surface area (TPSA) is 137 Å². The molecule has 4 rings (SSSR count). The highest BCUT2D eigenvalue weighted by molar-refractivity contribution is 8.13. The smallest absolute Gasteiger partial charge is 0.352 e. The van der Waals surface area contributed by atoms with Crippen molar-refractivity contribution in [3.8, 4) is 5.75 Å². The van der Waals surface area contributed by atoms with Crippen molar-refractivity contribution in [3.63, 3.8) is 0 Å². The Labute approximate surface area is 189 Å². The standard InChI is InChI=1S/C23H25N3O5S/c1-11-16(20(22(29)30)26-19(11)18(12(2)27)21(26)28)9-31-17-8-4-6-14-13(10-32-23(24)25)5-3-7-15(14)17/h3-8,11-12,18-19,27H,9-10H2,1-2H3,(H3,24,25)(H,29,30)/t11-,12+,18+,19?/m0/s1. The summed E-state index contributed by atoms with van der Waals surface area (Å²) in [5, 5.41) is 29.1. The Morgan fingerprint density at radius 2 is 1.97 bits per heavy atom. The van der Waals surface area contributed by atoms with E-state index < -0.39 is 18.0 Å². The van der Waals surface area contributed by atoms with Gasteiger partial charge in [0.1, 0.15) is 18.1 Å². The fourth-order valence-corrected chi connectivity index (χ4v) is 5.31. The molecule has 0 bridgehead atoms. The molecule has 1 amide bonds. The zero-order valence-corrected chi connectivity index (χ0v) is 18.6. The molecule has 4 atom stereocenters. The van der Waals surface area contributed by atoms with Gasteiger partial charge in [-0.3, -0.25) is 10.2 Å². The summed E-state index contributed by atoms with van der Waals surface area (Å²) < 4.78 is 6.09. The second-order valence-corrected chi connectivity index (χ2v) is 9.16. The summed E-state index contributed by atoms with van der Waals surface area (Å²) in [4.78, 5) is 25.7. The molecule has 0 saturated carbocycles. The normalized spacial score (nSPS) is 23.2. The Morgan fingerprint density at radius 1 is 1.28 bits per heavy atom. The molecule has 2 aromatic carbocycles. The quantitative estimate of drug-likeness (QED) is 0.286. The minimum absolute atomic E-state index is 0.0289. The van der Waals surface area contributed by atoms with E-state index in [1.165, 1.54) is 16.7 Å². The summed E-state index contributed by atoms with van der Waals surface area (Å²) in [5.74, 6) is -1.21. The van der Waals surface area contributed by atoms with Crippen molar-refractivity contribution in [1.29, 1.82) is 5.41 Å². The predicted molar refractivity (Wildman–Crippen MR) is 122 cm³/mol. The molecule has 1 fully saturated rings. The lowest BCUT2D eigenvalue weighted by molar-refractivity contribution is -0.163. The maximum absolute atomic E-state index is 12.5. The highest BCUT2D eigenvalue weighted by Gasteiger charge is 2.59. The van der Waals surface area contributed by atoms with Gasteiger partial charge in [-0.1, -0.05) is 49.0 Å². The van der Waals surface area contributed by atoms with Gasteiger partial charge >= 0.3 is 5.97 Å². The van der Waals surface area contributed by atoms with Crippen LogP contribution in [0.2, 0.25) is 0 Å². The average molecular weight is 456 g/mol. The summed E-state index contributed by atoms with van der Waals surface area (Å²) in [7, 11) is 0. The van der Waals surface area contributed by atoms with Gasteiger partial charge in [0.05, 0.1) is 18.1 Å². The number of β-lactam (4-membered cyclic amide) rings is 1. The second-order valence-electron chi connectivity index (χ2n) is 8.14. The minimum atomic E-state index is -1.17. The number of benzene rings is 2. The number of nitrogens with zero attached hydrogens (tertiary/aromatic N) is 1. The number of aliphatic hydroxyl groups excluding tert-OH is 1. The zero-order chi connectivity index (χ0) is 23.2. The van der Waals surface area contributed by atoms with Gasteiger partial charge in [0.2, 0.25) is 5.91 Å². The van der Waals surface area contributed by atoms with E-state index >= 15 is 0 Å². The molecule has 0 aromatic heterocycles. The molecule has 1 saturated heterocycles. The van der Waals surface area contributed by atoms with E-state index in [0.717, 1.165) is 16.3 Å². The fraction of sp³-hybridized carbons (Fsp3) is 0.348. The van der Waals surface area contributed by atoms with Crippen molar-refractivity contribution >= 4 is 39.6 Å². The van der Waals surface area contributed by atoms with Gasteiger partial charge in [-0.25, -0.2) is 4.79 Å². The van der Waals surface area contributed by atoms with Crippen molar-refractivity contribution in [2.24, 2.45) is 17.6 Å². The van der Waals surface area contributed by atoms with Gasteiger partial charge in [-0.05, 0) is 23.9 Å². The number of rotatable bonds is 7. The number of aliphatic carboxylic acids is 1. The van der Waals surface area contributed by atoms with Crippen molar-refractivity contribution < 1.29 is 24.5 Å². The first kappa shape index (κ1) is 22.2. The summed E-state index contributed by atoms with van der Waals surface area (Å²) in [6.07, 6.45) is -0.842. The Kier molecular flexibility index (Phi) is 5.87. The monoisotopic (exact) mass is 455 g/mol. The number of nitrogens with one attached hydrogen (secondary N) is 1. The van der Waals surface area contributed by atoms with E-state index in [-0.39, 0.29) is 35.3 Å². The highest BCUT2D eigenvalue weighted by atomic mass is 32.2. The summed E-state index contributed by atoms with van der Waals surface area (Å²) >= 11 is 1.24. The SMILES string of the molecule is C[C@H]1C(COc2cccc3c(CSC(=N)N)cccc23)=C(C(=O)O)N2C(=O)[C@H]([C@@H](C)O)C12. The lowest BCUT2D eigenvalue weighted by Gasteiger charge is -2.46. The van der Waals surface area contributed by atoms with E-state index in [2.05, 4.69) is 0 Å². The van der Waals surface area contributed by atoms with E-state index in [1.807, 2.05) is 43.3 Å². The first-order valence-electron chi connectivity index (χ1n) is 10.3. The highest BCUT2D eigenvalue weighted by Crippen LogP contribution is 2.47. The van der Waals surface area contributed by atoms with Crippen LogP contribution in [-0.2, 0) is 15.3 Å². The zero-order valence-electron chi connectivity index (χ0n) is 17.7. The number of carboxylic acids is 1. The van der Waals surface area contributed by atoms with E-state index in [1.54, 1.807) is 6.92 Å². The third-order valence-electron chi connectivity index (χ3n) is 6.26.